The number of hydrogen-bond acceptors (Lipinski definition) is 3. The summed E-state index contributed by atoms with van der Waals surface area (Å²) in [5.41, 5.74) is 6.29. The molecule has 1 aliphatic carbocycles. The van der Waals surface area contributed by atoms with E-state index >= 15 is 0 Å². The normalized spacial score (nSPS) is 22.3. The second kappa shape index (κ2) is 6.70. The molecule has 0 spiro atoms. The van der Waals surface area contributed by atoms with Crippen molar-refractivity contribution in [3.05, 3.63) is 24.3 Å². The first-order valence-electron chi connectivity index (χ1n) is 6.72. The fourth-order valence-electron chi connectivity index (χ4n) is 2.40. The summed E-state index contributed by atoms with van der Waals surface area (Å²) in [7, 11) is 0. The number of carbonyl (C=O) groups is 1. The Bertz CT molecular complexity index is 507. The molecule has 3 nitrogen and oxygen atoms in total. The molecule has 0 aromatic heterocycles. The lowest BCUT2D eigenvalue weighted by atomic mass is 10.0. The standard InChI is InChI=1S/C14H17F3N2OS/c15-14(16,17)8-21-12-7-2-1-6-11(12)19-13(20)9-4-3-5-10(9)18/h1-2,6-7,9-10H,3-5,8,18H2,(H,19,20). The number of amides is 1. The van der Waals surface area contributed by atoms with Crippen LogP contribution in [-0.4, -0.2) is 23.9 Å². The van der Waals surface area contributed by atoms with E-state index in [1.807, 2.05) is 0 Å². The first-order chi connectivity index (χ1) is 9.87. The second-order valence-corrected chi connectivity index (χ2v) is 6.11. The fraction of sp³-hybridized carbons (Fsp3) is 0.500. The lowest BCUT2D eigenvalue weighted by Gasteiger charge is -2.17. The smallest absolute Gasteiger partial charge is 0.327 e. The Morgan fingerprint density at radius 2 is 2.05 bits per heavy atom. The number of carbonyl (C=O) groups excluding carboxylic acids is 1. The Balaban J connectivity index is 2.04. The zero-order valence-electron chi connectivity index (χ0n) is 11.3. The van der Waals surface area contributed by atoms with Crippen LogP contribution in [0.25, 0.3) is 0 Å². The number of benzene rings is 1. The molecule has 1 aromatic carbocycles. The van der Waals surface area contributed by atoms with E-state index < -0.39 is 11.9 Å². The van der Waals surface area contributed by atoms with Gasteiger partial charge in [-0.05, 0) is 25.0 Å². The zero-order chi connectivity index (χ0) is 15.5. The summed E-state index contributed by atoms with van der Waals surface area (Å²) < 4.78 is 36.9. The third kappa shape index (κ3) is 4.64. The van der Waals surface area contributed by atoms with E-state index in [-0.39, 0.29) is 17.9 Å². The molecule has 0 radical (unpaired) electrons. The summed E-state index contributed by atoms with van der Waals surface area (Å²) in [6, 6.07) is 6.34. The summed E-state index contributed by atoms with van der Waals surface area (Å²) in [6.07, 6.45) is -1.80. The van der Waals surface area contributed by atoms with Gasteiger partial charge in [0.2, 0.25) is 5.91 Å². The molecule has 0 aliphatic heterocycles. The molecule has 2 unspecified atom stereocenters. The first kappa shape index (κ1) is 16.2. The van der Waals surface area contributed by atoms with Gasteiger partial charge in [-0.3, -0.25) is 4.79 Å². The Hall–Kier alpha value is -1.21. The maximum Gasteiger partial charge on any atom is 0.398 e. The van der Waals surface area contributed by atoms with Crippen molar-refractivity contribution in [1.82, 2.24) is 0 Å². The lowest BCUT2D eigenvalue weighted by molar-refractivity contribution is -0.120. The van der Waals surface area contributed by atoms with Crippen molar-refractivity contribution in [2.24, 2.45) is 11.7 Å². The number of para-hydroxylation sites is 1. The van der Waals surface area contributed by atoms with Crippen molar-refractivity contribution in [2.75, 3.05) is 11.1 Å². The number of nitrogens with two attached hydrogens (primary N) is 1. The Morgan fingerprint density at radius 3 is 2.67 bits per heavy atom. The molecule has 1 fully saturated rings. The van der Waals surface area contributed by atoms with E-state index in [2.05, 4.69) is 5.32 Å². The van der Waals surface area contributed by atoms with Gasteiger partial charge in [0.15, 0.2) is 0 Å². The molecule has 2 rings (SSSR count). The minimum atomic E-state index is -4.24. The molecule has 1 aliphatic rings. The molecular weight excluding hydrogens is 301 g/mol. The van der Waals surface area contributed by atoms with E-state index in [1.54, 1.807) is 24.3 Å². The lowest BCUT2D eigenvalue weighted by Crippen LogP contribution is -2.34. The van der Waals surface area contributed by atoms with Gasteiger partial charge < -0.3 is 11.1 Å². The molecular formula is C14H17F3N2OS. The van der Waals surface area contributed by atoms with Crippen molar-refractivity contribution in [3.63, 3.8) is 0 Å². The van der Waals surface area contributed by atoms with Crippen LogP contribution in [0.4, 0.5) is 18.9 Å². The highest BCUT2D eigenvalue weighted by Gasteiger charge is 2.31. The average Bonchev–Trinajstić information content (AvgIpc) is 2.83. The average molecular weight is 318 g/mol. The number of halogens is 3. The van der Waals surface area contributed by atoms with Gasteiger partial charge in [0.1, 0.15) is 0 Å². The van der Waals surface area contributed by atoms with E-state index in [9.17, 15) is 18.0 Å². The van der Waals surface area contributed by atoms with Gasteiger partial charge in [-0.15, -0.1) is 11.8 Å². The maximum atomic E-state index is 12.3. The third-order valence-electron chi connectivity index (χ3n) is 3.44. The van der Waals surface area contributed by atoms with Crippen LogP contribution in [0.3, 0.4) is 0 Å². The molecule has 21 heavy (non-hydrogen) atoms. The van der Waals surface area contributed by atoms with Gasteiger partial charge in [0.05, 0.1) is 17.4 Å². The number of nitrogens with one attached hydrogen (secondary N) is 1. The molecule has 1 amide bonds. The highest BCUT2D eigenvalue weighted by molar-refractivity contribution is 7.99. The molecule has 1 aromatic rings. The number of thioether (sulfide) groups is 1. The van der Waals surface area contributed by atoms with Gasteiger partial charge in [0.25, 0.3) is 0 Å². The number of anilines is 1. The van der Waals surface area contributed by atoms with Crippen molar-refractivity contribution in [2.45, 2.75) is 36.4 Å². The van der Waals surface area contributed by atoms with Crippen LogP contribution in [0, 0.1) is 5.92 Å². The number of hydrogen-bond donors (Lipinski definition) is 2. The van der Waals surface area contributed by atoms with E-state index in [4.69, 9.17) is 5.73 Å². The number of alkyl halides is 3. The van der Waals surface area contributed by atoms with Crippen LogP contribution in [0.1, 0.15) is 19.3 Å². The Labute approximate surface area is 125 Å². The van der Waals surface area contributed by atoms with Gasteiger partial charge in [0, 0.05) is 10.9 Å². The van der Waals surface area contributed by atoms with Gasteiger partial charge in [-0.2, -0.15) is 13.2 Å². The summed E-state index contributed by atoms with van der Waals surface area (Å²) >= 11 is 0.668. The fourth-order valence-corrected chi connectivity index (χ4v) is 3.16. The second-order valence-electron chi connectivity index (χ2n) is 5.09. The number of rotatable bonds is 4. The van der Waals surface area contributed by atoms with E-state index in [1.165, 1.54) is 0 Å². The first-order valence-corrected chi connectivity index (χ1v) is 7.70. The molecule has 3 N–H and O–H groups in total. The van der Waals surface area contributed by atoms with Crippen molar-refractivity contribution >= 4 is 23.4 Å². The molecule has 0 heterocycles. The van der Waals surface area contributed by atoms with Crippen LogP contribution in [0.2, 0.25) is 0 Å². The van der Waals surface area contributed by atoms with Crippen LogP contribution in [-0.2, 0) is 4.79 Å². The topological polar surface area (TPSA) is 55.1 Å². The van der Waals surface area contributed by atoms with E-state index in [0.717, 1.165) is 19.3 Å². The Morgan fingerprint density at radius 1 is 1.33 bits per heavy atom. The minimum Gasteiger partial charge on any atom is -0.327 e. The summed E-state index contributed by atoms with van der Waals surface area (Å²) in [5.74, 6) is -1.45. The molecule has 7 heteroatoms. The largest absolute Gasteiger partial charge is 0.398 e. The van der Waals surface area contributed by atoms with Gasteiger partial charge in [-0.25, -0.2) is 0 Å². The predicted molar refractivity (Wildman–Crippen MR) is 77.2 cm³/mol. The summed E-state index contributed by atoms with van der Waals surface area (Å²) in [5, 5.41) is 2.71. The maximum absolute atomic E-state index is 12.3. The third-order valence-corrected chi connectivity index (χ3v) is 4.58. The predicted octanol–water partition coefficient (Wildman–Crippen LogP) is 3.41. The highest BCUT2D eigenvalue weighted by Crippen LogP contribution is 2.33. The van der Waals surface area contributed by atoms with Crippen LogP contribution < -0.4 is 11.1 Å². The minimum absolute atomic E-state index is 0.167. The van der Waals surface area contributed by atoms with Crippen molar-refractivity contribution in [1.29, 1.82) is 0 Å². The van der Waals surface area contributed by atoms with Crippen LogP contribution in [0.15, 0.2) is 29.2 Å². The summed E-state index contributed by atoms with van der Waals surface area (Å²) in [6.45, 7) is 0. The van der Waals surface area contributed by atoms with Gasteiger partial charge in [-0.1, -0.05) is 18.6 Å². The molecule has 2 atom stereocenters. The summed E-state index contributed by atoms with van der Waals surface area (Å²) in [4.78, 5) is 12.6. The van der Waals surface area contributed by atoms with Crippen molar-refractivity contribution in [3.8, 4) is 0 Å². The molecule has 0 saturated heterocycles. The zero-order valence-corrected chi connectivity index (χ0v) is 12.1. The quantitative estimate of drug-likeness (QED) is 0.837. The van der Waals surface area contributed by atoms with Gasteiger partial charge >= 0.3 is 6.18 Å². The molecule has 0 bridgehead atoms. The van der Waals surface area contributed by atoms with Crippen LogP contribution >= 0.6 is 11.8 Å². The van der Waals surface area contributed by atoms with Crippen LogP contribution in [0.5, 0.6) is 0 Å². The molecule has 116 valence electrons. The SMILES string of the molecule is NC1CCCC1C(=O)Nc1ccccc1SCC(F)(F)F. The Kier molecular flexibility index (Phi) is 5.16. The van der Waals surface area contributed by atoms with E-state index in [0.29, 0.717) is 22.3 Å². The highest BCUT2D eigenvalue weighted by atomic mass is 32.2. The monoisotopic (exact) mass is 318 g/mol. The molecule has 1 saturated carbocycles. The van der Waals surface area contributed by atoms with Crippen molar-refractivity contribution < 1.29 is 18.0 Å².